The van der Waals surface area contributed by atoms with Crippen molar-refractivity contribution in [1.82, 2.24) is 30.3 Å². The summed E-state index contributed by atoms with van der Waals surface area (Å²) in [6.07, 6.45) is 3.69. The summed E-state index contributed by atoms with van der Waals surface area (Å²) < 4.78 is 20.8. The number of likely N-dealkylation sites (N-methyl/N-ethyl adjacent to an activating group) is 1. The molecule has 12 nitrogen and oxygen atoms in total. The molecule has 276 valence electrons. The van der Waals surface area contributed by atoms with Crippen LogP contribution in [0.2, 0.25) is 0 Å². The highest BCUT2D eigenvalue weighted by molar-refractivity contribution is 5.99. The van der Waals surface area contributed by atoms with Gasteiger partial charge < -0.3 is 30.1 Å². The molecule has 53 heavy (non-hydrogen) atoms. The second-order valence-electron chi connectivity index (χ2n) is 13.6. The lowest BCUT2D eigenvalue weighted by molar-refractivity contribution is -0.135. The number of halogens is 1. The van der Waals surface area contributed by atoms with Crippen molar-refractivity contribution >= 4 is 40.3 Å². The maximum Gasteiger partial charge on any atom is 0.258 e. The lowest BCUT2D eigenvalue weighted by Crippen LogP contribution is -2.48. The highest BCUT2D eigenvalue weighted by Gasteiger charge is 2.37. The van der Waals surface area contributed by atoms with Crippen molar-refractivity contribution in [2.24, 2.45) is 0 Å². The molecule has 0 saturated carbocycles. The Labute approximate surface area is 307 Å². The largest absolute Gasteiger partial charge is 0.491 e. The van der Waals surface area contributed by atoms with Gasteiger partial charge in [-0.3, -0.25) is 29.0 Å². The van der Waals surface area contributed by atoms with E-state index in [0.29, 0.717) is 6.42 Å². The van der Waals surface area contributed by atoms with Gasteiger partial charge in [0.2, 0.25) is 23.6 Å². The molecule has 0 spiro atoms. The van der Waals surface area contributed by atoms with Gasteiger partial charge in [0.15, 0.2) is 0 Å². The van der Waals surface area contributed by atoms with Crippen LogP contribution >= 0.6 is 0 Å². The summed E-state index contributed by atoms with van der Waals surface area (Å²) in [5, 5.41) is 8.02. The molecule has 1 fully saturated rings. The molecule has 0 radical (unpaired) electrons. The van der Waals surface area contributed by atoms with Gasteiger partial charge in [0.05, 0.1) is 18.0 Å². The van der Waals surface area contributed by atoms with Gasteiger partial charge in [0.25, 0.3) is 5.91 Å². The number of ether oxygens (including phenoxy) is 1. The Bertz CT molecular complexity index is 1990. The molecule has 0 bridgehead atoms. The average Bonchev–Trinajstić information content (AvgIpc) is 3.57. The molecule has 2 aliphatic rings. The molecule has 1 aromatic heterocycles. The molecule has 0 unspecified atom stereocenters. The number of carbonyl (C=O) groups is 5. The van der Waals surface area contributed by atoms with Gasteiger partial charge in [0, 0.05) is 65.0 Å². The highest BCUT2D eigenvalue weighted by Crippen LogP contribution is 2.27. The van der Waals surface area contributed by atoms with Crippen LogP contribution in [0.1, 0.15) is 47.2 Å². The first kappa shape index (κ1) is 36.9. The molecule has 4 aromatic rings. The predicted octanol–water partition coefficient (Wildman–Crippen LogP) is 3.48. The molecule has 13 heteroatoms. The van der Waals surface area contributed by atoms with E-state index < -0.39 is 29.7 Å². The summed E-state index contributed by atoms with van der Waals surface area (Å²) in [5.41, 5.74) is 1.56. The van der Waals surface area contributed by atoms with Crippen molar-refractivity contribution in [3.63, 3.8) is 0 Å². The highest BCUT2D eigenvalue weighted by atomic mass is 19.1. The number of carbonyl (C=O) groups excluding carboxylic acids is 5. The number of benzene rings is 3. The molecule has 0 aliphatic carbocycles. The summed E-state index contributed by atoms with van der Waals surface area (Å²) in [6, 6.07) is 19.0. The van der Waals surface area contributed by atoms with Crippen molar-refractivity contribution in [3.05, 3.63) is 108 Å². The van der Waals surface area contributed by atoms with Crippen LogP contribution in [0.25, 0.3) is 10.8 Å². The van der Waals surface area contributed by atoms with Gasteiger partial charge >= 0.3 is 0 Å². The number of aromatic nitrogens is 1. The first-order chi connectivity index (χ1) is 25.5. The number of hydrogen-bond donors (Lipinski definition) is 2. The van der Waals surface area contributed by atoms with E-state index in [1.165, 1.54) is 29.0 Å². The minimum atomic E-state index is -1.07. The fourth-order valence-electron chi connectivity index (χ4n) is 6.90. The quantitative estimate of drug-likeness (QED) is 0.311. The van der Waals surface area contributed by atoms with E-state index in [2.05, 4.69) is 15.6 Å². The van der Waals surface area contributed by atoms with Crippen LogP contribution in [0, 0.1) is 5.82 Å². The number of nitrogens with zero attached hydrogens (tertiary/aromatic N) is 4. The van der Waals surface area contributed by atoms with Crippen molar-refractivity contribution in [1.29, 1.82) is 0 Å². The van der Waals surface area contributed by atoms with E-state index in [1.54, 1.807) is 36.5 Å². The minimum absolute atomic E-state index is 0.0121. The van der Waals surface area contributed by atoms with Gasteiger partial charge in [-0.1, -0.05) is 42.5 Å². The van der Waals surface area contributed by atoms with Gasteiger partial charge in [-0.05, 0) is 65.1 Å². The SMILES string of the molecule is CN1CCC(=O)N2C[C@H](NC(=O)Cc3ccc4ccccc4c3)C[C@H]2COc2ccc(F)cc2C(=O)N(C)[C@H](C(=O)NCc2ccncc2)CCC1=O. The summed E-state index contributed by atoms with van der Waals surface area (Å²) in [4.78, 5) is 75.9. The second-order valence-corrected chi connectivity index (χ2v) is 13.6. The van der Waals surface area contributed by atoms with Crippen molar-refractivity contribution in [2.45, 2.75) is 56.8 Å². The lowest BCUT2D eigenvalue weighted by atomic mass is 10.0. The Hall–Kier alpha value is -5.85. The van der Waals surface area contributed by atoms with Crippen LogP contribution in [-0.2, 0) is 32.1 Å². The van der Waals surface area contributed by atoms with Crippen LogP contribution < -0.4 is 15.4 Å². The topological polar surface area (TPSA) is 141 Å². The molecule has 1 saturated heterocycles. The minimum Gasteiger partial charge on any atom is -0.491 e. The summed E-state index contributed by atoms with van der Waals surface area (Å²) >= 11 is 0. The zero-order valence-corrected chi connectivity index (χ0v) is 29.8. The molecular formula is C40H43FN6O6. The van der Waals surface area contributed by atoms with Gasteiger partial charge in [0.1, 0.15) is 24.2 Å². The first-order valence-corrected chi connectivity index (χ1v) is 17.7. The van der Waals surface area contributed by atoms with E-state index >= 15 is 0 Å². The monoisotopic (exact) mass is 722 g/mol. The number of rotatable bonds is 6. The Morgan fingerprint density at radius 1 is 0.906 bits per heavy atom. The van der Waals surface area contributed by atoms with E-state index in [-0.39, 0.29) is 87.0 Å². The fraction of sp³-hybridized carbons (Fsp3) is 0.350. The van der Waals surface area contributed by atoms with Crippen LogP contribution in [0.5, 0.6) is 5.75 Å². The zero-order chi connectivity index (χ0) is 37.5. The van der Waals surface area contributed by atoms with Crippen molar-refractivity contribution < 1.29 is 33.1 Å². The van der Waals surface area contributed by atoms with Gasteiger partial charge in [-0.2, -0.15) is 0 Å². The standard InChI is InChI=1S/C40H43FN6O6/c1-45-18-15-38(50)47-24-31(44-36(48)20-27-7-8-28-5-3-4-6-29(28)19-27)22-32(47)25-53-35-11-9-30(41)21-33(35)40(52)46(2)34(10-12-37(45)49)39(51)43-23-26-13-16-42-17-14-26/h3-9,11,13-14,16-17,19,21,31-32,34H,10,12,15,18,20,22-25H2,1-2H3,(H,43,51)(H,44,48)/t31-,32+,34+/m1/s1. The Morgan fingerprint density at radius 3 is 2.47 bits per heavy atom. The summed E-state index contributed by atoms with van der Waals surface area (Å²) in [7, 11) is 3.03. The third-order valence-electron chi connectivity index (χ3n) is 9.91. The van der Waals surface area contributed by atoms with Crippen molar-refractivity contribution in [3.8, 4) is 5.75 Å². The number of nitrogens with one attached hydrogen (secondary N) is 2. The third-order valence-corrected chi connectivity index (χ3v) is 9.91. The molecule has 2 aliphatic heterocycles. The van der Waals surface area contributed by atoms with E-state index in [9.17, 15) is 28.4 Å². The maximum atomic E-state index is 14.7. The Balaban J connectivity index is 1.20. The predicted molar refractivity (Wildman–Crippen MR) is 195 cm³/mol. The number of hydrogen-bond acceptors (Lipinski definition) is 7. The van der Waals surface area contributed by atoms with Crippen LogP contribution in [-0.4, -0.2) is 101 Å². The molecule has 3 heterocycles. The smallest absolute Gasteiger partial charge is 0.258 e. The first-order valence-electron chi connectivity index (χ1n) is 17.7. The summed E-state index contributed by atoms with van der Waals surface area (Å²) in [5.74, 6) is -2.46. The van der Waals surface area contributed by atoms with Gasteiger partial charge in [-0.25, -0.2) is 4.39 Å². The van der Waals surface area contributed by atoms with E-state index in [4.69, 9.17) is 4.74 Å². The molecule has 3 atom stereocenters. The molecular weight excluding hydrogens is 679 g/mol. The van der Waals surface area contributed by atoms with E-state index in [0.717, 1.165) is 28.0 Å². The van der Waals surface area contributed by atoms with Crippen LogP contribution in [0.4, 0.5) is 4.39 Å². The summed E-state index contributed by atoms with van der Waals surface area (Å²) in [6.45, 7) is 0.509. The molecule has 5 amide bonds. The third kappa shape index (κ3) is 9.15. The van der Waals surface area contributed by atoms with E-state index in [1.807, 2.05) is 42.5 Å². The molecule has 3 aromatic carbocycles. The van der Waals surface area contributed by atoms with Crippen LogP contribution in [0.3, 0.4) is 0 Å². The van der Waals surface area contributed by atoms with Crippen LogP contribution in [0.15, 0.2) is 85.2 Å². The maximum absolute atomic E-state index is 14.7. The van der Waals surface area contributed by atoms with Gasteiger partial charge in [-0.15, -0.1) is 0 Å². The second kappa shape index (κ2) is 16.7. The lowest BCUT2D eigenvalue weighted by Gasteiger charge is -2.30. The number of pyridine rings is 1. The normalized spacial score (nSPS) is 20.1. The number of amides is 5. The van der Waals surface area contributed by atoms with Crippen molar-refractivity contribution in [2.75, 3.05) is 33.8 Å². The Morgan fingerprint density at radius 2 is 1.68 bits per heavy atom. The molecule has 6 rings (SSSR count). The Kier molecular flexibility index (Phi) is 11.6. The average molecular weight is 723 g/mol. The fourth-order valence-corrected chi connectivity index (χ4v) is 6.90. The molecule has 2 N–H and O–H groups in total. The zero-order valence-electron chi connectivity index (χ0n) is 29.8. The number of fused-ring (bicyclic) bond motifs is 3.